The lowest BCUT2D eigenvalue weighted by molar-refractivity contribution is -0.140. The molecule has 0 N–H and O–H groups in total. The van der Waals surface area contributed by atoms with Gasteiger partial charge in [0, 0.05) is 26.1 Å². The minimum atomic E-state index is -0.592. The summed E-state index contributed by atoms with van der Waals surface area (Å²) >= 11 is 0. The van der Waals surface area contributed by atoms with Crippen LogP contribution in [0.4, 0.5) is 4.39 Å². The molecule has 0 unspecified atom stereocenters. The van der Waals surface area contributed by atoms with Crippen LogP contribution in [0.25, 0.3) is 0 Å². The van der Waals surface area contributed by atoms with Crippen molar-refractivity contribution in [2.75, 3.05) is 13.1 Å². The number of rotatable bonds is 8. The van der Waals surface area contributed by atoms with Crippen LogP contribution in [0.2, 0.25) is 0 Å². The van der Waals surface area contributed by atoms with Crippen LogP contribution in [0.5, 0.6) is 5.75 Å². The van der Waals surface area contributed by atoms with E-state index in [2.05, 4.69) is 6.58 Å². The van der Waals surface area contributed by atoms with Crippen molar-refractivity contribution >= 4 is 11.8 Å². The quantitative estimate of drug-likeness (QED) is 0.475. The molecule has 35 heavy (non-hydrogen) atoms. The highest BCUT2D eigenvalue weighted by molar-refractivity contribution is 5.82. The van der Waals surface area contributed by atoms with Gasteiger partial charge >= 0.3 is 0 Å². The number of fused-ring (bicyclic) bond motifs is 1. The molecule has 0 aromatic heterocycles. The second kappa shape index (κ2) is 11.1. The maximum absolute atomic E-state index is 13.6. The van der Waals surface area contributed by atoms with Gasteiger partial charge in [-0.05, 0) is 66.6 Å². The highest BCUT2D eigenvalue weighted by Crippen LogP contribution is 2.37. The molecule has 2 aromatic carbocycles. The predicted octanol–water partition coefficient (Wildman–Crippen LogP) is 5.43. The van der Waals surface area contributed by atoms with Gasteiger partial charge in [0.15, 0.2) is 6.10 Å². The van der Waals surface area contributed by atoms with E-state index in [4.69, 9.17) is 4.74 Å². The highest BCUT2D eigenvalue weighted by atomic mass is 19.1. The van der Waals surface area contributed by atoms with Gasteiger partial charge in [0.2, 0.25) is 5.91 Å². The van der Waals surface area contributed by atoms with Gasteiger partial charge in [-0.25, -0.2) is 4.39 Å². The van der Waals surface area contributed by atoms with E-state index in [1.165, 1.54) is 12.1 Å². The number of benzene rings is 2. The summed E-state index contributed by atoms with van der Waals surface area (Å²) in [4.78, 5) is 29.7. The third kappa shape index (κ3) is 5.42. The molecule has 0 bridgehead atoms. The van der Waals surface area contributed by atoms with Crippen molar-refractivity contribution in [1.29, 1.82) is 0 Å². The van der Waals surface area contributed by atoms with Crippen molar-refractivity contribution in [3.8, 4) is 5.75 Å². The minimum absolute atomic E-state index is 0.00234. The number of ether oxygens (including phenoxy) is 1. The van der Waals surface area contributed by atoms with Crippen molar-refractivity contribution in [2.24, 2.45) is 0 Å². The SMILES string of the molecule is C=CCN(C(=O)[C@@H](CC)Oc1ccc2c(c1)[C@H](c1ccc(F)cc1)N(C(C)=O)CC2)C1CCCC1. The summed E-state index contributed by atoms with van der Waals surface area (Å²) in [5.74, 6) is 0.255. The van der Waals surface area contributed by atoms with E-state index < -0.39 is 6.10 Å². The van der Waals surface area contributed by atoms with Gasteiger partial charge in [0.1, 0.15) is 11.6 Å². The molecule has 6 heteroatoms. The van der Waals surface area contributed by atoms with Crippen LogP contribution in [0.1, 0.15) is 68.7 Å². The minimum Gasteiger partial charge on any atom is -0.481 e. The van der Waals surface area contributed by atoms with Crippen LogP contribution in [-0.2, 0) is 16.0 Å². The van der Waals surface area contributed by atoms with Crippen LogP contribution in [-0.4, -0.2) is 46.8 Å². The van der Waals surface area contributed by atoms with Crippen molar-refractivity contribution in [3.05, 3.63) is 77.6 Å². The maximum Gasteiger partial charge on any atom is 0.264 e. The number of hydrogen-bond acceptors (Lipinski definition) is 3. The Labute approximate surface area is 207 Å². The first-order valence-electron chi connectivity index (χ1n) is 12.7. The summed E-state index contributed by atoms with van der Waals surface area (Å²) in [6.07, 6.45) is 6.81. The third-order valence-corrected chi connectivity index (χ3v) is 7.23. The van der Waals surface area contributed by atoms with E-state index in [1.54, 1.807) is 25.1 Å². The molecule has 1 saturated carbocycles. The zero-order valence-corrected chi connectivity index (χ0v) is 20.7. The Morgan fingerprint density at radius 1 is 1.20 bits per heavy atom. The van der Waals surface area contributed by atoms with E-state index in [0.29, 0.717) is 25.3 Å². The molecule has 4 rings (SSSR count). The number of halogens is 1. The molecule has 1 heterocycles. The molecular formula is C29H35FN2O3. The van der Waals surface area contributed by atoms with Gasteiger partial charge in [-0.2, -0.15) is 0 Å². The van der Waals surface area contributed by atoms with Gasteiger partial charge in [0.25, 0.3) is 5.91 Å². The van der Waals surface area contributed by atoms with E-state index in [9.17, 15) is 14.0 Å². The molecule has 1 aliphatic carbocycles. The molecule has 2 atom stereocenters. The zero-order chi connectivity index (χ0) is 24.9. The Hall–Kier alpha value is -3.15. The van der Waals surface area contributed by atoms with Crippen molar-refractivity contribution in [1.82, 2.24) is 9.80 Å². The van der Waals surface area contributed by atoms with E-state index in [-0.39, 0.29) is 29.7 Å². The Bertz CT molecular complexity index is 1060. The second-order valence-corrected chi connectivity index (χ2v) is 9.51. The maximum atomic E-state index is 13.6. The molecule has 2 amide bonds. The van der Waals surface area contributed by atoms with Gasteiger partial charge in [-0.1, -0.05) is 44.0 Å². The van der Waals surface area contributed by atoms with Crippen molar-refractivity contribution in [2.45, 2.75) is 70.6 Å². The van der Waals surface area contributed by atoms with Crippen LogP contribution in [0, 0.1) is 5.82 Å². The lowest BCUT2D eigenvalue weighted by Crippen LogP contribution is -2.46. The fourth-order valence-electron chi connectivity index (χ4n) is 5.44. The lowest BCUT2D eigenvalue weighted by atomic mass is 9.88. The van der Waals surface area contributed by atoms with E-state index >= 15 is 0 Å². The number of amides is 2. The average Bonchev–Trinajstić information content (AvgIpc) is 3.40. The smallest absolute Gasteiger partial charge is 0.264 e. The van der Waals surface area contributed by atoms with Crippen LogP contribution < -0.4 is 4.74 Å². The summed E-state index contributed by atoms with van der Waals surface area (Å²) in [7, 11) is 0. The first kappa shape index (κ1) is 25.0. The van der Waals surface area contributed by atoms with Crippen molar-refractivity contribution < 1.29 is 18.7 Å². The third-order valence-electron chi connectivity index (χ3n) is 7.23. The fourth-order valence-corrected chi connectivity index (χ4v) is 5.44. The van der Waals surface area contributed by atoms with Crippen LogP contribution >= 0.6 is 0 Å². The first-order chi connectivity index (χ1) is 16.9. The fraction of sp³-hybridized carbons (Fsp3) is 0.448. The summed E-state index contributed by atoms with van der Waals surface area (Å²) in [5.41, 5.74) is 2.93. The van der Waals surface area contributed by atoms with Gasteiger partial charge in [-0.3, -0.25) is 9.59 Å². The Kier molecular flexibility index (Phi) is 7.89. The molecule has 1 fully saturated rings. The first-order valence-corrected chi connectivity index (χ1v) is 12.7. The molecule has 1 aliphatic heterocycles. The van der Waals surface area contributed by atoms with Gasteiger partial charge in [0.05, 0.1) is 6.04 Å². The summed E-state index contributed by atoms with van der Waals surface area (Å²) in [6.45, 7) is 8.48. The Morgan fingerprint density at radius 2 is 1.91 bits per heavy atom. The summed E-state index contributed by atoms with van der Waals surface area (Å²) < 4.78 is 19.9. The van der Waals surface area contributed by atoms with Gasteiger partial charge in [-0.15, -0.1) is 6.58 Å². The summed E-state index contributed by atoms with van der Waals surface area (Å²) in [6, 6.07) is 12.1. The largest absolute Gasteiger partial charge is 0.481 e. The number of carbonyl (C=O) groups is 2. The standard InChI is InChI=1S/C29H35FN2O3/c1-4-17-32(24-8-6-7-9-24)29(34)27(5-2)35-25-15-12-21-16-18-31(20(3)33)28(26(21)19-25)22-10-13-23(30)14-11-22/h4,10-15,19,24,27-28H,1,5-9,16-18H2,2-3H3/t27-,28+/m1/s1. The predicted molar refractivity (Wildman–Crippen MR) is 135 cm³/mol. The van der Waals surface area contributed by atoms with Crippen LogP contribution in [0.3, 0.4) is 0 Å². The van der Waals surface area contributed by atoms with Gasteiger partial charge < -0.3 is 14.5 Å². The molecule has 0 radical (unpaired) electrons. The number of hydrogen-bond donors (Lipinski definition) is 0. The molecule has 186 valence electrons. The average molecular weight is 479 g/mol. The number of nitrogens with zero attached hydrogens (tertiary/aromatic N) is 2. The monoisotopic (exact) mass is 478 g/mol. The second-order valence-electron chi connectivity index (χ2n) is 9.51. The lowest BCUT2D eigenvalue weighted by Gasteiger charge is -2.37. The van der Waals surface area contributed by atoms with Crippen LogP contribution in [0.15, 0.2) is 55.1 Å². The Morgan fingerprint density at radius 3 is 2.54 bits per heavy atom. The highest BCUT2D eigenvalue weighted by Gasteiger charge is 2.33. The molecule has 2 aromatic rings. The molecule has 2 aliphatic rings. The van der Waals surface area contributed by atoms with E-state index in [0.717, 1.165) is 48.8 Å². The van der Waals surface area contributed by atoms with E-state index in [1.807, 2.05) is 34.9 Å². The van der Waals surface area contributed by atoms with Crippen molar-refractivity contribution in [3.63, 3.8) is 0 Å². The zero-order valence-electron chi connectivity index (χ0n) is 20.7. The molecule has 5 nitrogen and oxygen atoms in total. The summed E-state index contributed by atoms with van der Waals surface area (Å²) in [5, 5.41) is 0. The molecule has 0 spiro atoms. The normalized spacial score (nSPS) is 18.6. The molecule has 0 saturated heterocycles. The number of carbonyl (C=O) groups excluding carboxylic acids is 2. The molecular weight excluding hydrogens is 443 g/mol. The topological polar surface area (TPSA) is 49.9 Å². The Balaban J connectivity index is 1.63.